The molecule has 0 bridgehead atoms. The van der Waals surface area contributed by atoms with Gasteiger partial charge in [0.05, 0.1) is 0 Å². The molecule has 1 N–H and O–H groups in total. The molecular weight excluding hydrogens is 194 g/mol. The quantitative estimate of drug-likeness (QED) is 0.614. The number of nitrogens with one attached hydrogen (secondary N) is 1. The summed E-state index contributed by atoms with van der Waals surface area (Å²) in [5.74, 6) is 2.44. The van der Waals surface area contributed by atoms with Crippen molar-refractivity contribution >= 4 is 17.6 Å². The van der Waals surface area contributed by atoms with Crippen LogP contribution in [0.4, 0.5) is 5.82 Å². The van der Waals surface area contributed by atoms with E-state index in [-0.39, 0.29) is 0 Å². The van der Waals surface area contributed by atoms with Crippen LogP contribution < -0.4 is 5.32 Å². The fourth-order valence-electron chi connectivity index (χ4n) is 1.35. The summed E-state index contributed by atoms with van der Waals surface area (Å²) in [7, 11) is 1.90. The van der Waals surface area contributed by atoms with Gasteiger partial charge >= 0.3 is 0 Å². The third kappa shape index (κ3) is 2.38. The SMILES string of the molecule is CCSc1ncnc(NC)c1C(C)C. The van der Waals surface area contributed by atoms with Crippen molar-refractivity contribution in [2.24, 2.45) is 0 Å². The highest BCUT2D eigenvalue weighted by atomic mass is 32.2. The Morgan fingerprint density at radius 3 is 2.64 bits per heavy atom. The summed E-state index contributed by atoms with van der Waals surface area (Å²) in [6, 6.07) is 0. The Hall–Kier alpha value is -0.770. The van der Waals surface area contributed by atoms with Crippen molar-refractivity contribution in [1.82, 2.24) is 9.97 Å². The minimum absolute atomic E-state index is 0.452. The van der Waals surface area contributed by atoms with E-state index >= 15 is 0 Å². The van der Waals surface area contributed by atoms with Crippen LogP contribution in [-0.2, 0) is 0 Å². The van der Waals surface area contributed by atoms with Crippen molar-refractivity contribution < 1.29 is 0 Å². The van der Waals surface area contributed by atoms with E-state index < -0.39 is 0 Å². The molecule has 0 fully saturated rings. The molecule has 0 aromatic carbocycles. The van der Waals surface area contributed by atoms with Gasteiger partial charge in [0.1, 0.15) is 17.2 Å². The predicted molar refractivity (Wildman–Crippen MR) is 62.1 cm³/mol. The Bertz CT molecular complexity index is 299. The maximum Gasteiger partial charge on any atom is 0.133 e. The van der Waals surface area contributed by atoms with Crippen LogP contribution in [0.1, 0.15) is 32.3 Å². The third-order valence-electron chi connectivity index (χ3n) is 1.94. The fourth-order valence-corrected chi connectivity index (χ4v) is 2.23. The second-order valence-electron chi connectivity index (χ2n) is 3.28. The van der Waals surface area contributed by atoms with E-state index in [1.165, 1.54) is 5.56 Å². The van der Waals surface area contributed by atoms with Crippen LogP contribution in [0.5, 0.6) is 0 Å². The van der Waals surface area contributed by atoms with Crippen molar-refractivity contribution in [2.45, 2.75) is 31.7 Å². The van der Waals surface area contributed by atoms with Gasteiger partial charge in [-0.2, -0.15) is 0 Å². The minimum Gasteiger partial charge on any atom is -0.373 e. The lowest BCUT2D eigenvalue weighted by atomic mass is 10.1. The third-order valence-corrected chi connectivity index (χ3v) is 2.83. The zero-order valence-corrected chi connectivity index (χ0v) is 9.98. The number of rotatable bonds is 4. The molecular formula is C10H17N3S. The zero-order chi connectivity index (χ0) is 10.6. The molecule has 1 heterocycles. The zero-order valence-electron chi connectivity index (χ0n) is 9.16. The van der Waals surface area contributed by atoms with Crippen LogP contribution in [0.2, 0.25) is 0 Å². The smallest absolute Gasteiger partial charge is 0.133 e. The van der Waals surface area contributed by atoms with Crippen molar-refractivity contribution in [1.29, 1.82) is 0 Å². The summed E-state index contributed by atoms with van der Waals surface area (Å²) in [5.41, 5.74) is 1.22. The maximum absolute atomic E-state index is 4.31. The Morgan fingerprint density at radius 1 is 1.43 bits per heavy atom. The van der Waals surface area contributed by atoms with Gasteiger partial charge in [-0.1, -0.05) is 20.8 Å². The fraction of sp³-hybridized carbons (Fsp3) is 0.600. The van der Waals surface area contributed by atoms with Crippen molar-refractivity contribution in [3.63, 3.8) is 0 Å². The molecule has 0 aliphatic heterocycles. The average molecular weight is 211 g/mol. The maximum atomic E-state index is 4.31. The Labute approximate surface area is 89.7 Å². The Balaban J connectivity index is 3.14. The summed E-state index contributed by atoms with van der Waals surface area (Å²) < 4.78 is 0. The van der Waals surface area contributed by atoms with Gasteiger partial charge in [-0.05, 0) is 11.7 Å². The first-order chi connectivity index (χ1) is 6.70. The van der Waals surface area contributed by atoms with Gasteiger partial charge in [0.25, 0.3) is 0 Å². The van der Waals surface area contributed by atoms with Gasteiger partial charge in [0, 0.05) is 12.6 Å². The van der Waals surface area contributed by atoms with Gasteiger partial charge in [0.2, 0.25) is 0 Å². The lowest BCUT2D eigenvalue weighted by molar-refractivity contribution is 0.806. The summed E-state index contributed by atoms with van der Waals surface area (Å²) in [5, 5.41) is 4.21. The van der Waals surface area contributed by atoms with E-state index in [0.29, 0.717) is 5.92 Å². The van der Waals surface area contributed by atoms with Gasteiger partial charge in [-0.3, -0.25) is 0 Å². The molecule has 0 saturated carbocycles. The molecule has 1 aromatic rings. The number of nitrogens with zero attached hydrogens (tertiary/aromatic N) is 2. The van der Waals surface area contributed by atoms with Crippen LogP contribution in [0.15, 0.2) is 11.4 Å². The van der Waals surface area contributed by atoms with Gasteiger partial charge in [0.15, 0.2) is 0 Å². The molecule has 0 aliphatic rings. The molecule has 0 amide bonds. The van der Waals surface area contributed by atoms with Crippen LogP contribution in [0.3, 0.4) is 0 Å². The molecule has 0 radical (unpaired) electrons. The lowest BCUT2D eigenvalue weighted by Crippen LogP contribution is -2.04. The standard InChI is InChI=1S/C10H17N3S/c1-5-14-10-8(7(2)3)9(11-4)12-6-13-10/h6-7H,5H2,1-4H3,(H,11,12,13). The first-order valence-corrected chi connectivity index (χ1v) is 5.84. The molecule has 0 spiro atoms. The van der Waals surface area contributed by atoms with Crippen LogP contribution >= 0.6 is 11.8 Å². The molecule has 78 valence electrons. The van der Waals surface area contributed by atoms with Crippen molar-refractivity contribution in [2.75, 3.05) is 18.1 Å². The minimum atomic E-state index is 0.452. The highest BCUT2D eigenvalue weighted by Crippen LogP contribution is 2.30. The highest BCUT2D eigenvalue weighted by molar-refractivity contribution is 7.99. The van der Waals surface area contributed by atoms with Gasteiger partial charge in [-0.25, -0.2) is 9.97 Å². The molecule has 1 aromatic heterocycles. The molecule has 1 rings (SSSR count). The summed E-state index contributed by atoms with van der Waals surface area (Å²) >= 11 is 1.77. The Morgan fingerprint density at radius 2 is 2.14 bits per heavy atom. The summed E-state index contributed by atoms with van der Waals surface area (Å²) in [4.78, 5) is 8.54. The van der Waals surface area contributed by atoms with Crippen LogP contribution in [0, 0.1) is 0 Å². The monoisotopic (exact) mass is 211 g/mol. The topological polar surface area (TPSA) is 37.8 Å². The first kappa shape index (κ1) is 11.3. The molecule has 4 heteroatoms. The van der Waals surface area contributed by atoms with E-state index in [1.807, 2.05) is 7.05 Å². The average Bonchev–Trinajstić information content (AvgIpc) is 2.17. The van der Waals surface area contributed by atoms with E-state index in [4.69, 9.17) is 0 Å². The molecule has 0 aliphatic carbocycles. The van der Waals surface area contributed by atoms with Gasteiger partial charge in [-0.15, -0.1) is 11.8 Å². The molecule has 14 heavy (non-hydrogen) atoms. The number of anilines is 1. The van der Waals surface area contributed by atoms with Crippen LogP contribution in [-0.4, -0.2) is 22.8 Å². The first-order valence-electron chi connectivity index (χ1n) is 4.86. The number of thioether (sulfide) groups is 1. The second kappa shape index (κ2) is 5.20. The molecule has 0 unspecified atom stereocenters. The molecule has 0 atom stereocenters. The van der Waals surface area contributed by atoms with Gasteiger partial charge < -0.3 is 5.32 Å². The normalized spacial score (nSPS) is 10.6. The summed E-state index contributed by atoms with van der Waals surface area (Å²) in [6.45, 7) is 6.47. The predicted octanol–water partition coefficient (Wildman–Crippen LogP) is 2.75. The Kier molecular flexibility index (Phi) is 4.20. The van der Waals surface area contributed by atoms with Crippen molar-refractivity contribution in [3.05, 3.63) is 11.9 Å². The highest BCUT2D eigenvalue weighted by Gasteiger charge is 2.13. The lowest BCUT2D eigenvalue weighted by Gasteiger charge is -2.14. The van der Waals surface area contributed by atoms with E-state index in [1.54, 1.807) is 18.1 Å². The van der Waals surface area contributed by atoms with E-state index in [2.05, 4.69) is 36.1 Å². The van der Waals surface area contributed by atoms with Crippen LogP contribution in [0.25, 0.3) is 0 Å². The molecule has 0 saturated heterocycles. The van der Waals surface area contributed by atoms with E-state index in [0.717, 1.165) is 16.6 Å². The van der Waals surface area contributed by atoms with E-state index in [9.17, 15) is 0 Å². The second-order valence-corrected chi connectivity index (χ2v) is 4.53. The summed E-state index contributed by atoms with van der Waals surface area (Å²) in [6.07, 6.45) is 1.62. The number of aromatic nitrogens is 2. The number of hydrogen-bond acceptors (Lipinski definition) is 4. The number of hydrogen-bond donors (Lipinski definition) is 1. The van der Waals surface area contributed by atoms with Crippen molar-refractivity contribution in [3.8, 4) is 0 Å². The molecule has 3 nitrogen and oxygen atoms in total. The largest absolute Gasteiger partial charge is 0.373 e.